The van der Waals surface area contributed by atoms with Crippen molar-refractivity contribution >= 4 is 28.3 Å². The maximum atomic E-state index is 5.49. The maximum Gasteiger partial charge on any atom is 0.203 e. The molecule has 0 spiro atoms. The minimum Gasteiger partial charge on any atom is -0.496 e. The molecule has 0 radical (unpaired) electrons. The molecule has 2 aromatic carbocycles. The molecule has 3 heterocycles. The fourth-order valence-electron chi connectivity index (χ4n) is 3.88. The number of thiazole rings is 1. The van der Waals surface area contributed by atoms with Crippen molar-refractivity contribution in [1.82, 2.24) is 15.0 Å². The Bertz CT molecular complexity index is 1060. The highest BCUT2D eigenvalue weighted by Crippen LogP contribution is 2.36. The third kappa shape index (κ3) is 3.14. The summed E-state index contributed by atoms with van der Waals surface area (Å²) in [5.41, 5.74) is 4.20. The van der Waals surface area contributed by atoms with E-state index in [0.29, 0.717) is 5.92 Å². The van der Waals surface area contributed by atoms with Gasteiger partial charge in [-0.15, -0.1) is 11.3 Å². The average Bonchev–Trinajstić information content (AvgIpc) is 3.41. The molecule has 1 fully saturated rings. The zero-order valence-electron chi connectivity index (χ0n) is 15.8. The van der Waals surface area contributed by atoms with Gasteiger partial charge in [0.15, 0.2) is 0 Å². The number of anilines is 1. The number of imidazole rings is 1. The second-order valence-electron chi connectivity index (χ2n) is 7.11. The molecule has 6 heteroatoms. The first-order valence-corrected chi connectivity index (χ1v) is 10.5. The van der Waals surface area contributed by atoms with Gasteiger partial charge in [-0.05, 0) is 37.1 Å². The Labute approximate surface area is 168 Å². The zero-order valence-corrected chi connectivity index (χ0v) is 16.6. The smallest absolute Gasteiger partial charge is 0.203 e. The van der Waals surface area contributed by atoms with E-state index >= 15 is 0 Å². The van der Waals surface area contributed by atoms with Gasteiger partial charge in [0.2, 0.25) is 5.95 Å². The molecular formula is C22H22N4OS. The van der Waals surface area contributed by atoms with E-state index in [2.05, 4.69) is 33.5 Å². The number of piperidine rings is 1. The van der Waals surface area contributed by atoms with Crippen molar-refractivity contribution in [2.45, 2.75) is 18.8 Å². The molecule has 28 heavy (non-hydrogen) atoms. The monoisotopic (exact) mass is 390 g/mol. The molecule has 1 N–H and O–H groups in total. The van der Waals surface area contributed by atoms with Crippen LogP contribution in [0.2, 0.25) is 0 Å². The number of benzene rings is 2. The summed E-state index contributed by atoms with van der Waals surface area (Å²) in [5, 5.41) is 3.38. The van der Waals surface area contributed by atoms with Gasteiger partial charge in [-0.3, -0.25) is 0 Å². The third-order valence-corrected chi connectivity index (χ3v) is 6.43. The normalized spacial score (nSPS) is 15.2. The summed E-state index contributed by atoms with van der Waals surface area (Å²) in [7, 11) is 1.71. The molecule has 0 aliphatic carbocycles. The molecule has 4 aromatic rings. The lowest BCUT2D eigenvalue weighted by Gasteiger charge is -2.30. The number of nitrogens with one attached hydrogen (secondary N) is 1. The van der Waals surface area contributed by atoms with Crippen LogP contribution in [0.15, 0.2) is 53.9 Å². The van der Waals surface area contributed by atoms with Crippen LogP contribution in [0.4, 0.5) is 5.95 Å². The van der Waals surface area contributed by atoms with Gasteiger partial charge >= 0.3 is 0 Å². The van der Waals surface area contributed by atoms with Gasteiger partial charge in [-0.2, -0.15) is 0 Å². The Morgan fingerprint density at radius 2 is 1.82 bits per heavy atom. The lowest BCUT2D eigenvalue weighted by molar-refractivity contribution is 0.416. The highest BCUT2D eigenvalue weighted by molar-refractivity contribution is 7.10. The number of nitrogens with zero attached hydrogens (tertiary/aromatic N) is 3. The predicted octanol–water partition coefficient (Wildman–Crippen LogP) is 5.08. The zero-order chi connectivity index (χ0) is 18.9. The number of aromatic amines is 1. The number of hydrogen-bond donors (Lipinski definition) is 1. The molecular weight excluding hydrogens is 368 g/mol. The summed E-state index contributed by atoms with van der Waals surface area (Å²) < 4.78 is 5.49. The minimum atomic E-state index is 0.508. The molecule has 1 saturated heterocycles. The SMILES string of the molecule is COc1ccccc1-c1csc(C2CCN(c3nc4ccccc4[nH]3)CC2)n1. The van der Waals surface area contributed by atoms with Crippen molar-refractivity contribution in [3.8, 4) is 17.0 Å². The van der Waals surface area contributed by atoms with Crippen LogP contribution in [0, 0.1) is 0 Å². The minimum absolute atomic E-state index is 0.508. The van der Waals surface area contributed by atoms with Crippen LogP contribution in [0.25, 0.3) is 22.3 Å². The predicted molar refractivity (Wildman–Crippen MR) is 114 cm³/mol. The van der Waals surface area contributed by atoms with E-state index < -0.39 is 0 Å². The summed E-state index contributed by atoms with van der Waals surface area (Å²) in [6.07, 6.45) is 2.19. The van der Waals surface area contributed by atoms with Gasteiger partial charge in [0.25, 0.3) is 0 Å². The molecule has 1 aliphatic heterocycles. The molecule has 142 valence electrons. The fourth-order valence-corrected chi connectivity index (χ4v) is 4.87. The van der Waals surface area contributed by atoms with Crippen molar-refractivity contribution in [2.75, 3.05) is 25.1 Å². The maximum absolute atomic E-state index is 5.49. The van der Waals surface area contributed by atoms with Crippen molar-refractivity contribution in [1.29, 1.82) is 0 Å². The summed E-state index contributed by atoms with van der Waals surface area (Å²) in [6.45, 7) is 1.99. The summed E-state index contributed by atoms with van der Waals surface area (Å²) in [4.78, 5) is 15.5. The number of rotatable bonds is 4. The van der Waals surface area contributed by atoms with E-state index in [4.69, 9.17) is 14.7 Å². The van der Waals surface area contributed by atoms with Gasteiger partial charge in [-0.25, -0.2) is 9.97 Å². The first-order valence-electron chi connectivity index (χ1n) is 9.60. The first-order chi connectivity index (χ1) is 13.8. The second kappa shape index (κ2) is 7.28. The largest absolute Gasteiger partial charge is 0.496 e. The Kier molecular flexibility index (Phi) is 4.49. The lowest BCUT2D eigenvalue weighted by Crippen LogP contribution is -2.33. The molecule has 0 bridgehead atoms. The molecule has 0 amide bonds. The number of fused-ring (bicyclic) bond motifs is 1. The lowest BCUT2D eigenvalue weighted by atomic mass is 9.98. The Hall–Kier alpha value is -2.86. The van der Waals surface area contributed by atoms with Crippen LogP contribution in [-0.2, 0) is 0 Å². The number of H-pyrrole nitrogens is 1. The van der Waals surface area contributed by atoms with E-state index in [1.54, 1.807) is 18.4 Å². The van der Waals surface area contributed by atoms with Gasteiger partial charge in [0, 0.05) is 30.0 Å². The molecule has 5 rings (SSSR count). The van der Waals surface area contributed by atoms with E-state index in [0.717, 1.165) is 59.9 Å². The van der Waals surface area contributed by atoms with Crippen LogP contribution in [-0.4, -0.2) is 35.2 Å². The van der Waals surface area contributed by atoms with Gasteiger partial charge in [-0.1, -0.05) is 24.3 Å². The van der Waals surface area contributed by atoms with Crippen LogP contribution in [0.3, 0.4) is 0 Å². The molecule has 0 atom stereocenters. The summed E-state index contributed by atoms with van der Waals surface area (Å²) >= 11 is 1.76. The number of ether oxygens (including phenoxy) is 1. The Morgan fingerprint density at radius 3 is 2.64 bits per heavy atom. The van der Waals surface area contributed by atoms with Crippen LogP contribution in [0.1, 0.15) is 23.8 Å². The van der Waals surface area contributed by atoms with Crippen molar-refractivity contribution in [2.24, 2.45) is 0 Å². The quantitative estimate of drug-likeness (QED) is 0.528. The van der Waals surface area contributed by atoms with Gasteiger partial charge in [0.1, 0.15) is 5.75 Å². The molecule has 1 aliphatic rings. The third-order valence-electron chi connectivity index (χ3n) is 5.43. The van der Waals surface area contributed by atoms with Gasteiger partial charge in [0.05, 0.1) is 28.8 Å². The average molecular weight is 391 g/mol. The second-order valence-corrected chi connectivity index (χ2v) is 8.00. The standard InChI is InChI=1S/C22H22N4OS/c1-27-20-9-5-2-6-16(20)19-14-28-21(23-19)15-10-12-26(13-11-15)22-24-17-7-3-4-8-18(17)25-22/h2-9,14-15H,10-13H2,1H3,(H,24,25). The van der Waals surface area contributed by atoms with Crippen LogP contribution in [0.5, 0.6) is 5.75 Å². The van der Waals surface area contributed by atoms with Crippen molar-refractivity contribution < 1.29 is 4.74 Å². The van der Waals surface area contributed by atoms with E-state index in [1.165, 1.54) is 5.01 Å². The number of aromatic nitrogens is 3. The number of methoxy groups -OCH3 is 1. The van der Waals surface area contributed by atoms with Gasteiger partial charge < -0.3 is 14.6 Å². The Balaban J connectivity index is 1.30. The number of para-hydroxylation sites is 3. The van der Waals surface area contributed by atoms with Crippen molar-refractivity contribution in [3.05, 3.63) is 58.9 Å². The van der Waals surface area contributed by atoms with Crippen LogP contribution >= 0.6 is 11.3 Å². The van der Waals surface area contributed by atoms with E-state index in [9.17, 15) is 0 Å². The highest BCUT2D eigenvalue weighted by Gasteiger charge is 2.25. The molecule has 2 aromatic heterocycles. The van der Waals surface area contributed by atoms with E-state index in [1.807, 2.05) is 30.3 Å². The van der Waals surface area contributed by atoms with Crippen molar-refractivity contribution in [3.63, 3.8) is 0 Å². The summed E-state index contributed by atoms with van der Waals surface area (Å²) in [5.74, 6) is 2.36. The summed E-state index contributed by atoms with van der Waals surface area (Å²) in [6, 6.07) is 16.3. The molecule has 0 unspecified atom stereocenters. The molecule has 5 nitrogen and oxygen atoms in total. The van der Waals surface area contributed by atoms with E-state index in [-0.39, 0.29) is 0 Å². The topological polar surface area (TPSA) is 54.0 Å². The highest BCUT2D eigenvalue weighted by atomic mass is 32.1. The fraction of sp³-hybridized carbons (Fsp3) is 0.273. The number of hydrogen-bond acceptors (Lipinski definition) is 5. The van der Waals surface area contributed by atoms with Crippen LogP contribution < -0.4 is 9.64 Å². The molecule has 0 saturated carbocycles. The Morgan fingerprint density at radius 1 is 1.04 bits per heavy atom. The first kappa shape index (κ1) is 17.3.